The number of aryl methyl sites for hydroxylation is 1. The predicted molar refractivity (Wildman–Crippen MR) is 98.4 cm³/mol. The molecule has 2 aromatic rings. The van der Waals surface area contributed by atoms with E-state index in [1.54, 1.807) is 24.0 Å². The van der Waals surface area contributed by atoms with Gasteiger partial charge in [0, 0.05) is 33.5 Å². The number of hydrogen-bond donors (Lipinski definition) is 1. The van der Waals surface area contributed by atoms with Gasteiger partial charge in [-0.3, -0.25) is 0 Å². The molecule has 0 spiro atoms. The Morgan fingerprint density at radius 2 is 1.73 bits per heavy atom. The quantitative estimate of drug-likeness (QED) is 0.756. The topological polar surface area (TPSA) is 101 Å². The van der Waals surface area contributed by atoms with Crippen molar-refractivity contribution in [2.45, 2.75) is 29.7 Å². The van der Waals surface area contributed by atoms with Crippen molar-refractivity contribution in [2.75, 3.05) is 14.1 Å². The summed E-state index contributed by atoms with van der Waals surface area (Å²) in [6, 6.07) is 4.76. The minimum Gasteiger partial charge on any atom is -0.337 e. The van der Waals surface area contributed by atoms with Crippen LogP contribution in [0.15, 0.2) is 46.5 Å². The van der Waals surface area contributed by atoms with E-state index in [1.165, 1.54) is 32.3 Å². The van der Waals surface area contributed by atoms with E-state index in [-0.39, 0.29) is 15.7 Å². The van der Waals surface area contributed by atoms with Gasteiger partial charge in [0.1, 0.15) is 5.82 Å². The molecule has 26 heavy (non-hydrogen) atoms. The molecular formula is C16H24N4O4S2. The zero-order valence-electron chi connectivity index (χ0n) is 15.4. The number of imidazole rings is 1. The van der Waals surface area contributed by atoms with Crippen molar-refractivity contribution in [1.29, 1.82) is 0 Å². The third kappa shape index (κ3) is 4.14. The van der Waals surface area contributed by atoms with Crippen LogP contribution in [0.3, 0.4) is 0 Å². The zero-order chi connectivity index (χ0) is 19.7. The van der Waals surface area contributed by atoms with Gasteiger partial charge in [-0.1, -0.05) is 19.9 Å². The van der Waals surface area contributed by atoms with Gasteiger partial charge in [0.05, 0.1) is 15.8 Å². The molecular weight excluding hydrogens is 376 g/mol. The summed E-state index contributed by atoms with van der Waals surface area (Å²) in [5, 5.41) is 0. The van der Waals surface area contributed by atoms with Crippen LogP contribution in [0, 0.1) is 5.92 Å². The molecule has 1 aromatic heterocycles. The monoisotopic (exact) mass is 400 g/mol. The number of rotatable bonds is 7. The van der Waals surface area contributed by atoms with Crippen LogP contribution in [0.4, 0.5) is 0 Å². The number of nitrogens with zero attached hydrogens (tertiary/aromatic N) is 3. The van der Waals surface area contributed by atoms with Crippen LogP contribution in [-0.4, -0.2) is 44.8 Å². The van der Waals surface area contributed by atoms with Gasteiger partial charge < -0.3 is 4.57 Å². The van der Waals surface area contributed by atoms with E-state index in [4.69, 9.17) is 0 Å². The first-order chi connectivity index (χ1) is 12.0. The summed E-state index contributed by atoms with van der Waals surface area (Å²) in [4.78, 5) is 4.04. The fourth-order valence-electron chi connectivity index (χ4n) is 2.41. The number of hydrogen-bond acceptors (Lipinski definition) is 5. The van der Waals surface area contributed by atoms with E-state index >= 15 is 0 Å². The largest absolute Gasteiger partial charge is 0.337 e. The van der Waals surface area contributed by atoms with Gasteiger partial charge >= 0.3 is 0 Å². The van der Waals surface area contributed by atoms with Gasteiger partial charge in [0.15, 0.2) is 0 Å². The summed E-state index contributed by atoms with van der Waals surface area (Å²) in [7, 11) is -3.10. The SMILES string of the molecule is CC(C)C(NS(=O)(=O)c1cccc(S(=O)(=O)N(C)C)c1)c1nccn1C. The fraction of sp³-hybridized carbons (Fsp3) is 0.438. The second-order valence-corrected chi connectivity index (χ2v) is 10.4. The predicted octanol–water partition coefficient (Wildman–Crippen LogP) is 1.35. The Kier molecular flexibility index (Phi) is 5.91. The summed E-state index contributed by atoms with van der Waals surface area (Å²) >= 11 is 0. The maximum atomic E-state index is 12.8. The molecule has 0 fully saturated rings. The van der Waals surface area contributed by atoms with Crippen molar-refractivity contribution in [3.05, 3.63) is 42.5 Å². The Morgan fingerprint density at radius 3 is 2.23 bits per heavy atom. The molecule has 0 amide bonds. The zero-order valence-corrected chi connectivity index (χ0v) is 17.0. The first-order valence-corrected chi connectivity index (χ1v) is 10.9. The molecule has 2 rings (SSSR count). The minimum absolute atomic E-state index is 0.0560. The standard InChI is InChI=1S/C16H24N4O4S2/c1-12(2)15(16-17-9-10-20(16)5)18-25(21,22)13-7-6-8-14(11-13)26(23,24)19(3)4/h6-12,15,18H,1-5H3. The lowest BCUT2D eigenvalue weighted by atomic mass is 10.1. The number of aromatic nitrogens is 2. The second kappa shape index (κ2) is 7.47. The second-order valence-electron chi connectivity index (χ2n) is 6.50. The summed E-state index contributed by atoms with van der Waals surface area (Å²) in [6.45, 7) is 3.77. The lowest BCUT2D eigenvalue weighted by Gasteiger charge is -2.22. The number of nitrogens with one attached hydrogen (secondary N) is 1. The Bertz CT molecular complexity index is 979. The molecule has 1 aromatic carbocycles. The number of benzene rings is 1. The van der Waals surface area contributed by atoms with Crippen LogP contribution < -0.4 is 4.72 Å². The molecule has 10 heteroatoms. The van der Waals surface area contributed by atoms with E-state index in [1.807, 2.05) is 13.8 Å². The van der Waals surface area contributed by atoms with Crippen LogP contribution >= 0.6 is 0 Å². The third-order valence-corrected chi connectivity index (χ3v) is 7.23. The highest BCUT2D eigenvalue weighted by Crippen LogP contribution is 2.24. The van der Waals surface area contributed by atoms with E-state index < -0.39 is 26.1 Å². The molecule has 0 radical (unpaired) electrons. The Hall–Kier alpha value is -1.75. The maximum Gasteiger partial charge on any atom is 0.242 e. The molecule has 1 heterocycles. The van der Waals surface area contributed by atoms with Gasteiger partial charge in [0.2, 0.25) is 20.0 Å². The Labute approximate surface area is 155 Å². The summed E-state index contributed by atoms with van der Waals surface area (Å²) in [6.07, 6.45) is 3.34. The van der Waals surface area contributed by atoms with Crippen LogP contribution in [-0.2, 0) is 27.1 Å². The van der Waals surface area contributed by atoms with Crippen molar-refractivity contribution < 1.29 is 16.8 Å². The first-order valence-electron chi connectivity index (χ1n) is 7.99. The molecule has 0 saturated heterocycles. The molecule has 0 aliphatic rings. The highest BCUT2D eigenvalue weighted by atomic mass is 32.2. The summed E-state index contributed by atoms with van der Waals surface area (Å²) < 4.78 is 55.7. The smallest absolute Gasteiger partial charge is 0.242 e. The molecule has 8 nitrogen and oxygen atoms in total. The first kappa shape index (κ1) is 20.6. The molecule has 1 N–H and O–H groups in total. The lowest BCUT2D eigenvalue weighted by Crippen LogP contribution is -2.33. The molecule has 0 saturated carbocycles. The molecule has 1 atom stereocenters. The molecule has 0 bridgehead atoms. The summed E-state index contributed by atoms with van der Waals surface area (Å²) in [5.74, 6) is 0.528. The molecule has 1 unspecified atom stereocenters. The van der Waals surface area contributed by atoms with Crippen molar-refractivity contribution >= 4 is 20.0 Å². The molecule has 144 valence electrons. The summed E-state index contributed by atoms with van der Waals surface area (Å²) in [5.41, 5.74) is 0. The van der Waals surface area contributed by atoms with Crippen molar-refractivity contribution in [1.82, 2.24) is 18.6 Å². The Balaban J connectivity index is 2.43. The van der Waals surface area contributed by atoms with Crippen LogP contribution in [0.5, 0.6) is 0 Å². The van der Waals surface area contributed by atoms with Crippen molar-refractivity contribution in [3.63, 3.8) is 0 Å². The minimum atomic E-state index is -3.94. The fourth-order valence-corrected chi connectivity index (χ4v) is 4.82. The average Bonchev–Trinajstić information content (AvgIpc) is 2.98. The van der Waals surface area contributed by atoms with Gasteiger partial charge in [-0.2, -0.15) is 0 Å². The van der Waals surface area contributed by atoms with Crippen molar-refractivity contribution in [3.8, 4) is 0 Å². The van der Waals surface area contributed by atoms with Gasteiger partial charge in [-0.25, -0.2) is 30.8 Å². The lowest BCUT2D eigenvalue weighted by molar-refractivity contribution is 0.434. The molecule has 0 aliphatic carbocycles. The van der Waals surface area contributed by atoms with Gasteiger partial charge in [-0.15, -0.1) is 0 Å². The highest BCUT2D eigenvalue weighted by Gasteiger charge is 2.28. The van der Waals surface area contributed by atoms with E-state index in [0.717, 1.165) is 10.4 Å². The normalized spacial score (nSPS) is 14.1. The van der Waals surface area contributed by atoms with E-state index in [0.29, 0.717) is 5.82 Å². The maximum absolute atomic E-state index is 12.8. The Morgan fingerprint density at radius 1 is 1.12 bits per heavy atom. The van der Waals surface area contributed by atoms with Gasteiger partial charge in [0.25, 0.3) is 0 Å². The van der Waals surface area contributed by atoms with Crippen LogP contribution in [0.2, 0.25) is 0 Å². The van der Waals surface area contributed by atoms with E-state index in [2.05, 4.69) is 9.71 Å². The van der Waals surface area contributed by atoms with E-state index in [9.17, 15) is 16.8 Å². The van der Waals surface area contributed by atoms with Gasteiger partial charge in [-0.05, 0) is 24.1 Å². The molecule has 0 aliphatic heterocycles. The third-order valence-electron chi connectivity index (χ3n) is 3.98. The van der Waals surface area contributed by atoms with Crippen molar-refractivity contribution in [2.24, 2.45) is 13.0 Å². The number of sulfonamides is 2. The average molecular weight is 401 g/mol. The van der Waals surface area contributed by atoms with Crippen LogP contribution in [0.1, 0.15) is 25.7 Å². The van der Waals surface area contributed by atoms with Crippen LogP contribution in [0.25, 0.3) is 0 Å². The highest BCUT2D eigenvalue weighted by molar-refractivity contribution is 7.90.